The van der Waals surface area contributed by atoms with Gasteiger partial charge >= 0.3 is 0 Å². The number of hydrogen-bond acceptors (Lipinski definition) is 6. The number of hydrogen-bond donors (Lipinski definition) is 2. The molecule has 0 radical (unpaired) electrons. The highest BCUT2D eigenvalue weighted by Crippen LogP contribution is 2.32. The lowest BCUT2D eigenvalue weighted by molar-refractivity contribution is 0.103. The number of pyridine rings is 2. The Morgan fingerprint density at radius 3 is 2.55 bits per heavy atom. The third-order valence-corrected chi connectivity index (χ3v) is 9.86. The van der Waals surface area contributed by atoms with Crippen molar-refractivity contribution in [3.05, 3.63) is 86.1 Å². The fourth-order valence-electron chi connectivity index (χ4n) is 6.11. The Morgan fingerprint density at radius 2 is 1.83 bits per heavy atom. The monoisotopic (exact) mass is 655 g/mol. The summed E-state index contributed by atoms with van der Waals surface area (Å²) in [7, 11) is 1.76. The van der Waals surface area contributed by atoms with Gasteiger partial charge in [0.15, 0.2) is 0 Å². The lowest BCUT2D eigenvalue weighted by atomic mass is 10.00. The van der Waals surface area contributed by atoms with E-state index in [1.165, 1.54) is 36.1 Å². The van der Waals surface area contributed by atoms with E-state index in [-0.39, 0.29) is 11.5 Å². The van der Waals surface area contributed by atoms with E-state index >= 15 is 0 Å². The quantitative estimate of drug-likeness (QED) is 0.149. The summed E-state index contributed by atoms with van der Waals surface area (Å²) in [5, 5.41) is 6.42. The third kappa shape index (κ3) is 9.34. The number of aromatic nitrogens is 2. The molecular formula is C39H53N5O2S. The van der Waals surface area contributed by atoms with Crippen molar-refractivity contribution in [2.45, 2.75) is 92.9 Å². The van der Waals surface area contributed by atoms with Crippen LogP contribution in [0, 0.1) is 12.8 Å². The summed E-state index contributed by atoms with van der Waals surface area (Å²) < 4.78 is 1.59. The van der Waals surface area contributed by atoms with Gasteiger partial charge in [0.2, 0.25) is 0 Å². The average Bonchev–Trinajstić information content (AvgIpc) is 3.35. The fourth-order valence-corrected chi connectivity index (χ4v) is 7.26. The van der Waals surface area contributed by atoms with Gasteiger partial charge in [-0.15, -0.1) is 11.3 Å². The molecule has 3 heterocycles. The number of nitrogens with zero attached hydrogens (tertiary/aromatic N) is 3. The summed E-state index contributed by atoms with van der Waals surface area (Å²) in [4.78, 5) is 35.6. The minimum absolute atomic E-state index is 0.0666. The summed E-state index contributed by atoms with van der Waals surface area (Å²) in [6.45, 7) is 14.7. The van der Waals surface area contributed by atoms with Crippen LogP contribution in [0.1, 0.15) is 98.8 Å². The van der Waals surface area contributed by atoms with Gasteiger partial charge in [-0.05, 0) is 105 Å². The highest BCUT2D eigenvalue weighted by atomic mass is 32.1. The van der Waals surface area contributed by atoms with Crippen molar-refractivity contribution in [1.82, 2.24) is 9.55 Å². The lowest BCUT2D eigenvalue weighted by Gasteiger charge is -2.24. The Hall–Kier alpha value is -3.91. The van der Waals surface area contributed by atoms with Crippen LogP contribution < -0.4 is 21.1 Å². The van der Waals surface area contributed by atoms with E-state index in [4.69, 9.17) is 0 Å². The highest BCUT2D eigenvalue weighted by molar-refractivity contribution is 7.14. The first-order valence-electron chi connectivity index (χ1n) is 17.4. The minimum atomic E-state index is -0.134. The molecule has 0 spiro atoms. The van der Waals surface area contributed by atoms with E-state index in [2.05, 4.69) is 53.4 Å². The second kappa shape index (κ2) is 17.3. The molecule has 0 unspecified atom stereocenters. The van der Waals surface area contributed by atoms with Gasteiger partial charge in [-0.3, -0.25) is 9.59 Å². The van der Waals surface area contributed by atoms with Crippen LogP contribution in [0.25, 0.3) is 11.1 Å². The molecule has 1 aromatic carbocycles. The Balaban J connectivity index is 0.00000245. The molecule has 0 fully saturated rings. The van der Waals surface area contributed by atoms with E-state index in [1.54, 1.807) is 23.0 Å². The highest BCUT2D eigenvalue weighted by Gasteiger charge is 2.18. The van der Waals surface area contributed by atoms with Crippen molar-refractivity contribution in [2.75, 3.05) is 28.6 Å². The van der Waals surface area contributed by atoms with Gasteiger partial charge < -0.3 is 20.1 Å². The molecule has 8 heteroatoms. The summed E-state index contributed by atoms with van der Waals surface area (Å²) in [6.07, 6.45) is 13.0. The van der Waals surface area contributed by atoms with E-state index in [9.17, 15) is 9.59 Å². The smallest absolute Gasteiger partial charge is 0.274 e. The molecule has 0 bridgehead atoms. The van der Waals surface area contributed by atoms with Gasteiger partial charge in [0.25, 0.3) is 11.5 Å². The molecular weight excluding hydrogens is 603 g/mol. The fraction of sp³-hybridized carbons (Fsp3) is 0.462. The number of fused-ring (bicyclic) bond motifs is 1. The van der Waals surface area contributed by atoms with Gasteiger partial charge in [0.05, 0.1) is 16.8 Å². The number of benzene rings is 1. The van der Waals surface area contributed by atoms with Crippen LogP contribution in [-0.4, -0.2) is 28.5 Å². The van der Waals surface area contributed by atoms with Gasteiger partial charge in [-0.25, -0.2) is 4.98 Å². The van der Waals surface area contributed by atoms with Crippen LogP contribution in [0.5, 0.6) is 0 Å². The number of rotatable bonds is 12. The Kier molecular flexibility index (Phi) is 13.2. The lowest BCUT2D eigenvalue weighted by Crippen LogP contribution is -2.25. The number of amides is 1. The van der Waals surface area contributed by atoms with Crippen LogP contribution in [0.15, 0.2) is 59.7 Å². The SMILES string of the molecule is CC.CCCN(CCCC(C)C)c1ccc(Nc2cc(-c3cccc(NC(=O)c4cc5c(s4)CCCCC5)c3C)cn(C)c2=O)nc1. The molecule has 47 heavy (non-hydrogen) atoms. The maximum atomic E-state index is 13.3. The van der Waals surface area contributed by atoms with E-state index in [1.807, 2.05) is 63.5 Å². The number of carbonyl (C=O) groups excluding carboxylic acids is 1. The normalized spacial score (nSPS) is 12.5. The summed E-state index contributed by atoms with van der Waals surface area (Å²) in [5.74, 6) is 1.25. The Morgan fingerprint density at radius 1 is 1.04 bits per heavy atom. The first-order valence-corrected chi connectivity index (χ1v) is 18.3. The number of aryl methyl sites for hydroxylation is 3. The second-order valence-corrected chi connectivity index (χ2v) is 13.8. The molecule has 5 rings (SSSR count). The molecule has 0 saturated heterocycles. The molecule has 3 aromatic heterocycles. The number of carbonyl (C=O) groups is 1. The Labute approximate surface area is 285 Å². The van der Waals surface area contributed by atoms with Gasteiger partial charge in [-0.1, -0.05) is 53.2 Å². The number of anilines is 4. The van der Waals surface area contributed by atoms with Gasteiger partial charge in [0, 0.05) is 42.5 Å². The van der Waals surface area contributed by atoms with Gasteiger partial charge in [-0.2, -0.15) is 0 Å². The first-order chi connectivity index (χ1) is 22.7. The largest absolute Gasteiger partial charge is 0.370 e. The zero-order valence-electron chi connectivity index (χ0n) is 29.4. The van der Waals surface area contributed by atoms with Crippen molar-refractivity contribution in [1.29, 1.82) is 0 Å². The van der Waals surface area contributed by atoms with E-state index < -0.39 is 0 Å². The molecule has 1 aliphatic rings. The molecule has 0 atom stereocenters. The standard InChI is InChI=1S/C37H47N5O2S.C2H6/c1-6-19-42(20-11-12-25(2)3)29-17-18-35(38-23-29)39-32-21-28(24-41(5)37(32)44)30-14-10-15-31(26(30)4)40-36(43)34-22-27-13-8-7-9-16-33(27)45-34;1-2/h10,14-15,17-18,21-25H,6-9,11-13,16,19-20H2,1-5H3,(H,38,39)(H,40,43);1-2H3. The molecule has 252 valence electrons. The maximum absolute atomic E-state index is 13.3. The maximum Gasteiger partial charge on any atom is 0.274 e. The van der Waals surface area contributed by atoms with Crippen molar-refractivity contribution < 1.29 is 4.79 Å². The molecule has 0 aliphatic heterocycles. The van der Waals surface area contributed by atoms with Crippen molar-refractivity contribution in [3.8, 4) is 11.1 Å². The van der Waals surface area contributed by atoms with Crippen LogP contribution in [0.3, 0.4) is 0 Å². The van der Waals surface area contributed by atoms with Crippen molar-refractivity contribution >= 4 is 40.1 Å². The minimum Gasteiger partial charge on any atom is -0.370 e. The molecule has 4 aromatic rings. The first kappa shape index (κ1) is 35.9. The van der Waals surface area contributed by atoms with Crippen molar-refractivity contribution in [3.63, 3.8) is 0 Å². The summed E-state index contributed by atoms with van der Waals surface area (Å²) in [6, 6.07) is 13.9. The number of nitrogens with one attached hydrogen (secondary N) is 2. The molecule has 1 amide bonds. The van der Waals surface area contributed by atoms with E-state index in [0.717, 1.165) is 71.7 Å². The molecule has 2 N–H and O–H groups in total. The molecule has 7 nitrogen and oxygen atoms in total. The molecule has 1 aliphatic carbocycles. The number of thiophene rings is 1. The average molecular weight is 656 g/mol. The van der Waals surface area contributed by atoms with Crippen LogP contribution in [0.4, 0.5) is 22.9 Å². The van der Waals surface area contributed by atoms with E-state index in [0.29, 0.717) is 17.4 Å². The van der Waals surface area contributed by atoms with Crippen LogP contribution in [0.2, 0.25) is 0 Å². The van der Waals surface area contributed by atoms with Crippen LogP contribution in [-0.2, 0) is 19.9 Å². The van der Waals surface area contributed by atoms with Crippen LogP contribution >= 0.6 is 11.3 Å². The topological polar surface area (TPSA) is 79.3 Å². The summed E-state index contributed by atoms with van der Waals surface area (Å²) in [5.41, 5.74) is 6.30. The predicted molar refractivity (Wildman–Crippen MR) is 201 cm³/mol. The zero-order chi connectivity index (χ0) is 33.9. The second-order valence-electron chi connectivity index (χ2n) is 12.7. The predicted octanol–water partition coefficient (Wildman–Crippen LogP) is 9.76. The Bertz CT molecular complexity index is 1650. The van der Waals surface area contributed by atoms with Gasteiger partial charge in [0.1, 0.15) is 11.5 Å². The van der Waals surface area contributed by atoms with Crippen molar-refractivity contribution in [2.24, 2.45) is 13.0 Å². The zero-order valence-corrected chi connectivity index (χ0v) is 30.2. The third-order valence-electron chi connectivity index (χ3n) is 8.63. The summed E-state index contributed by atoms with van der Waals surface area (Å²) >= 11 is 1.63. The molecule has 0 saturated carbocycles.